The predicted octanol–water partition coefficient (Wildman–Crippen LogP) is -1.11. The molecule has 2 aliphatic rings. The number of rotatable bonds is 4. The summed E-state index contributed by atoms with van der Waals surface area (Å²) in [6.45, 7) is 3.79. The van der Waals surface area contributed by atoms with Gasteiger partial charge >= 0.3 is 12.1 Å². The number of nitrogens with zero attached hydrogens (tertiary/aromatic N) is 1. The van der Waals surface area contributed by atoms with Crippen molar-refractivity contribution < 1.29 is 14.4 Å². The molecule has 0 aromatic heterocycles. The van der Waals surface area contributed by atoms with Gasteiger partial charge in [-0.25, -0.2) is 9.59 Å². The third-order valence-corrected chi connectivity index (χ3v) is 3.09. The molecule has 0 aromatic rings. The first-order valence-corrected chi connectivity index (χ1v) is 5.94. The molecule has 2 aliphatic heterocycles. The number of hydrogen-bond donors (Lipinski definition) is 4. The van der Waals surface area contributed by atoms with E-state index in [-0.39, 0.29) is 30.6 Å². The van der Waals surface area contributed by atoms with Gasteiger partial charge in [0.1, 0.15) is 18.9 Å². The molecule has 8 heteroatoms. The molecule has 4 N–H and O–H groups in total. The van der Waals surface area contributed by atoms with Crippen molar-refractivity contribution in [3.63, 3.8) is 0 Å². The summed E-state index contributed by atoms with van der Waals surface area (Å²) in [6, 6.07) is -0.649. The minimum atomic E-state index is -0.507. The van der Waals surface area contributed by atoms with E-state index in [9.17, 15) is 14.4 Å². The van der Waals surface area contributed by atoms with Crippen molar-refractivity contribution >= 4 is 18.0 Å². The van der Waals surface area contributed by atoms with E-state index in [1.165, 1.54) is 4.90 Å². The monoisotopic (exact) mass is 255 g/mol. The topological polar surface area (TPSA) is 103 Å². The van der Waals surface area contributed by atoms with E-state index >= 15 is 0 Å². The Morgan fingerprint density at radius 1 is 1.39 bits per heavy atom. The average molecular weight is 255 g/mol. The van der Waals surface area contributed by atoms with Gasteiger partial charge in [0, 0.05) is 6.04 Å². The molecule has 0 bridgehead atoms. The average Bonchev–Trinajstić information content (AvgIpc) is 2.77. The summed E-state index contributed by atoms with van der Waals surface area (Å²) in [6.07, 6.45) is -0.156. The highest BCUT2D eigenvalue weighted by atomic mass is 16.2. The summed E-state index contributed by atoms with van der Waals surface area (Å²) in [5.41, 5.74) is 0. The maximum absolute atomic E-state index is 11.7. The minimum absolute atomic E-state index is 0.0651. The zero-order valence-electron chi connectivity index (χ0n) is 10.3. The standard InChI is InChI=1S/C10H17N5O3/c1-3-5(2)11-6(16)4-15-8-7(13-10(15)18)12-9(17)14-8/h5,7-8H,3-4H2,1-2H3,(H,11,16)(H,13,18)(H2,12,14,17)/t5-,7+,8-/m0/s1. The zero-order valence-corrected chi connectivity index (χ0v) is 10.3. The number of carbonyl (C=O) groups is 3. The number of carbonyl (C=O) groups excluding carboxylic acids is 3. The molecule has 2 heterocycles. The van der Waals surface area contributed by atoms with Gasteiger partial charge in [-0.1, -0.05) is 6.92 Å². The van der Waals surface area contributed by atoms with Crippen LogP contribution in [0.1, 0.15) is 20.3 Å². The van der Waals surface area contributed by atoms with Crippen LogP contribution in [-0.4, -0.2) is 47.8 Å². The number of amides is 5. The Balaban J connectivity index is 1.94. The van der Waals surface area contributed by atoms with Gasteiger partial charge in [-0.3, -0.25) is 9.69 Å². The fraction of sp³-hybridized carbons (Fsp3) is 0.700. The highest BCUT2D eigenvalue weighted by molar-refractivity contribution is 5.88. The molecule has 5 amide bonds. The normalized spacial score (nSPS) is 27.1. The van der Waals surface area contributed by atoms with Gasteiger partial charge in [-0.15, -0.1) is 0 Å². The summed E-state index contributed by atoms with van der Waals surface area (Å²) in [4.78, 5) is 35.8. The van der Waals surface area contributed by atoms with E-state index in [0.29, 0.717) is 0 Å². The molecular formula is C10H17N5O3. The fourth-order valence-corrected chi connectivity index (χ4v) is 1.94. The van der Waals surface area contributed by atoms with E-state index in [1.54, 1.807) is 0 Å². The van der Waals surface area contributed by atoms with Crippen molar-refractivity contribution in [1.29, 1.82) is 0 Å². The molecular weight excluding hydrogens is 238 g/mol. The summed E-state index contributed by atoms with van der Waals surface area (Å²) in [5.74, 6) is -0.235. The Labute approximate surface area is 104 Å². The van der Waals surface area contributed by atoms with Crippen LogP contribution in [0.5, 0.6) is 0 Å². The molecule has 3 atom stereocenters. The molecule has 0 aliphatic carbocycles. The minimum Gasteiger partial charge on any atom is -0.352 e. The van der Waals surface area contributed by atoms with Crippen LogP contribution in [0.2, 0.25) is 0 Å². The van der Waals surface area contributed by atoms with E-state index in [2.05, 4.69) is 21.3 Å². The van der Waals surface area contributed by atoms with Gasteiger partial charge in [-0.2, -0.15) is 0 Å². The van der Waals surface area contributed by atoms with Gasteiger partial charge in [-0.05, 0) is 13.3 Å². The van der Waals surface area contributed by atoms with E-state index in [0.717, 1.165) is 6.42 Å². The molecule has 8 nitrogen and oxygen atoms in total. The quantitative estimate of drug-likeness (QED) is 0.512. The highest BCUT2D eigenvalue weighted by Crippen LogP contribution is 2.13. The first kappa shape index (κ1) is 12.5. The van der Waals surface area contributed by atoms with Gasteiger partial charge < -0.3 is 21.3 Å². The number of nitrogens with one attached hydrogen (secondary N) is 4. The smallest absolute Gasteiger partial charge is 0.321 e. The largest absolute Gasteiger partial charge is 0.352 e. The Morgan fingerprint density at radius 3 is 2.78 bits per heavy atom. The molecule has 0 unspecified atom stereocenters. The van der Waals surface area contributed by atoms with E-state index in [1.807, 2.05) is 13.8 Å². The van der Waals surface area contributed by atoms with E-state index < -0.39 is 12.3 Å². The maximum Gasteiger partial charge on any atom is 0.321 e. The van der Waals surface area contributed by atoms with Gasteiger partial charge in [0.25, 0.3) is 0 Å². The Bertz CT molecular complexity index is 386. The molecule has 0 radical (unpaired) electrons. The summed E-state index contributed by atoms with van der Waals surface area (Å²) >= 11 is 0. The molecule has 2 fully saturated rings. The summed E-state index contributed by atoms with van der Waals surface area (Å²) < 4.78 is 0. The molecule has 0 aromatic carbocycles. The van der Waals surface area contributed by atoms with Crippen molar-refractivity contribution in [3.05, 3.63) is 0 Å². The summed E-state index contributed by atoms with van der Waals surface area (Å²) in [5, 5.41) is 10.5. The lowest BCUT2D eigenvalue weighted by atomic mass is 10.2. The van der Waals surface area contributed by atoms with Crippen molar-refractivity contribution in [3.8, 4) is 0 Å². The molecule has 2 rings (SSSR count). The van der Waals surface area contributed by atoms with Crippen molar-refractivity contribution in [1.82, 2.24) is 26.2 Å². The molecule has 100 valence electrons. The van der Waals surface area contributed by atoms with Crippen LogP contribution >= 0.6 is 0 Å². The zero-order chi connectivity index (χ0) is 13.3. The third-order valence-electron chi connectivity index (χ3n) is 3.09. The SMILES string of the molecule is CC[C@H](C)NC(=O)CN1C(=O)N[C@H]2NC(=O)N[C@H]21. The van der Waals surface area contributed by atoms with Crippen molar-refractivity contribution in [2.24, 2.45) is 0 Å². The van der Waals surface area contributed by atoms with Crippen LogP contribution < -0.4 is 21.3 Å². The Morgan fingerprint density at radius 2 is 2.11 bits per heavy atom. The third kappa shape index (κ3) is 2.31. The van der Waals surface area contributed by atoms with Crippen molar-refractivity contribution in [2.45, 2.75) is 38.6 Å². The van der Waals surface area contributed by atoms with Crippen LogP contribution in [0, 0.1) is 0 Å². The first-order chi connectivity index (χ1) is 8.51. The lowest BCUT2D eigenvalue weighted by molar-refractivity contribution is -0.122. The van der Waals surface area contributed by atoms with Crippen molar-refractivity contribution in [2.75, 3.05) is 6.54 Å². The second-order valence-electron chi connectivity index (χ2n) is 4.49. The molecule has 0 spiro atoms. The number of hydrogen-bond acceptors (Lipinski definition) is 3. The second kappa shape index (κ2) is 4.71. The summed E-state index contributed by atoms with van der Waals surface area (Å²) in [7, 11) is 0. The molecule has 0 saturated carbocycles. The molecule has 2 saturated heterocycles. The van der Waals surface area contributed by atoms with Gasteiger partial charge in [0.2, 0.25) is 5.91 Å². The van der Waals surface area contributed by atoms with Gasteiger partial charge in [0.05, 0.1) is 0 Å². The van der Waals surface area contributed by atoms with Crippen LogP contribution in [0.4, 0.5) is 9.59 Å². The lowest BCUT2D eigenvalue weighted by Gasteiger charge is -2.21. The number of urea groups is 2. The fourth-order valence-electron chi connectivity index (χ4n) is 1.94. The van der Waals surface area contributed by atoms with Crippen LogP contribution in [0.15, 0.2) is 0 Å². The van der Waals surface area contributed by atoms with Crippen LogP contribution in [0.25, 0.3) is 0 Å². The predicted molar refractivity (Wildman–Crippen MR) is 62.4 cm³/mol. The second-order valence-corrected chi connectivity index (χ2v) is 4.49. The Hall–Kier alpha value is -1.99. The maximum atomic E-state index is 11.7. The number of fused-ring (bicyclic) bond motifs is 1. The Kier molecular flexibility index (Phi) is 3.26. The first-order valence-electron chi connectivity index (χ1n) is 5.94. The highest BCUT2D eigenvalue weighted by Gasteiger charge is 2.45. The van der Waals surface area contributed by atoms with Gasteiger partial charge in [0.15, 0.2) is 0 Å². The van der Waals surface area contributed by atoms with Crippen LogP contribution in [-0.2, 0) is 4.79 Å². The lowest BCUT2D eigenvalue weighted by Crippen LogP contribution is -2.49. The van der Waals surface area contributed by atoms with Crippen LogP contribution in [0.3, 0.4) is 0 Å². The van der Waals surface area contributed by atoms with E-state index in [4.69, 9.17) is 0 Å². The molecule has 18 heavy (non-hydrogen) atoms.